The fourth-order valence-corrected chi connectivity index (χ4v) is 3.18. The summed E-state index contributed by atoms with van der Waals surface area (Å²) in [5, 5.41) is 9.45. The normalized spacial score (nSPS) is 12.9. The Kier molecular flexibility index (Phi) is 5.84. The standard InChI is InChI=1S/C14H19ClN2OS/c1-14(2,10-16)7-3-4-8-19(18)13-9-11(15)5-6-12(13)17/h5-6,9H,3-4,7-8,17H2,1-2H3. The Hall–Kier alpha value is -1.05. The van der Waals surface area contributed by atoms with Gasteiger partial charge in [0.2, 0.25) is 0 Å². The zero-order valence-electron chi connectivity index (χ0n) is 11.3. The summed E-state index contributed by atoms with van der Waals surface area (Å²) in [5.41, 5.74) is 6.00. The van der Waals surface area contributed by atoms with E-state index < -0.39 is 10.8 Å². The molecule has 0 saturated carbocycles. The lowest BCUT2D eigenvalue weighted by atomic mass is 9.89. The molecule has 1 aromatic carbocycles. The van der Waals surface area contributed by atoms with E-state index in [2.05, 4.69) is 6.07 Å². The molecule has 0 heterocycles. The number of anilines is 1. The summed E-state index contributed by atoms with van der Waals surface area (Å²) in [6.07, 6.45) is 2.50. The molecule has 1 atom stereocenters. The van der Waals surface area contributed by atoms with Gasteiger partial charge < -0.3 is 5.73 Å². The SMILES string of the molecule is CC(C)(C#N)CCCCS(=O)c1cc(Cl)ccc1N. The van der Waals surface area contributed by atoms with Crippen molar-refractivity contribution in [2.75, 3.05) is 11.5 Å². The molecular formula is C14H19ClN2OS. The Balaban J connectivity index is 2.49. The minimum Gasteiger partial charge on any atom is -0.398 e. The van der Waals surface area contributed by atoms with Crippen LogP contribution in [0.5, 0.6) is 0 Å². The Bertz CT molecular complexity index is 509. The van der Waals surface area contributed by atoms with Crippen LogP contribution in [-0.4, -0.2) is 9.96 Å². The first-order chi connectivity index (χ1) is 8.85. The fraction of sp³-hybridized carbons (Fsp3) is 0.500. The summed E-state index contributed by atoms with van der Waals surface area (Å²) < 4.78 is 12.1. The molecule has 0 saturated heterocycles. The van der Waals surface area contributed by atoms with Crippen molar-refractivity contribution >= 4 is 28.1 Å². The van der Waals surface area contributed by atoms with Crippen molar-refractivity contribution in [3.05, 3.63) is 23.2 Å². The van der Waals surface area contributed by atoms with E-state index in [1.165, 1.54) is 0 Å². The number of halogens is 1. The predicted molar refractivity (Wildman–Crippen MR) is 80.4 cm³/mol. The van der Waals surface area contributed by atoms with Crippen LogP contribution in [0.4, 0.5) is 5.69 Å². The predicted octanol–water partition coefficient (Wildman–Crippen LogP) is 3.75. The van der Waals surface area contributed by atoms with Crippen LogP contribution in [0.2, 0.25) is 5.02 Å². The van der Waals surface area contributed by atoms with Crippen molar-refractivity contribution in [2.45, 2.75) is 38.0 Å². The maximum Gasteiger partial charge on any atom is 0.0683 e. The van der Waals surface area contributed by atoms with E-state index in [1.807, 2.05) is 13.8 Å². The number of benzene rings is 1. The number of rotatable bonds is 6. The summed E-state index contributed by atoms with van der Waals surface area (Å²) >= 11 is 5.87. The summed E-state index contributed by atoms with van der Waals surface area (Å²) in [6, 6.07) is 7.29. The van der Waals surface area contributed by atoms with Crippen molar-refractivity contribution in [2.24, 2.45) is 5.41 Å². The topological polar surface area (TPSA) is 66.9 Å². The van der Waals surface area contributed by atoms with E-state index in [1.54, 1.807) is 18.2 Å². The average Bonchev–Trinajstić information content (AvgIpc) is 2.37. The number of nitrogens with two attached hydrogens (primary N) is 1. The van der Waals surface area contributed by atoms with Gasteiger partial charge in [-0.05, 0) is 44.9 Å². The number of nitrogen functional groups attached to an aromatic ring is 1. The first kappa shape index (κ1) is 16.0. The summed E-state index contributed by atoms with van der Waals surface area (Å²) in [5.74, 6) is 0.548. The molecule has 0 aliphatic carbocycles. The number of hydrogen-bond donors (Lipinski definition) is 1. The minimum atomic E-state index is -1.13. The van der Waals surface area contributed by atoms with Gasteiger partial charge in [0.25, 0.3) is 0 Å². The molecule has 1 rings (SSSR count). The Morgan fingerprint density at radius 3 is 2.74 bits per heavy atom. The Morgan fingerprint density at radius 2 is 2.11 bits per heavy atom. The Labute approximate surface area is 122 Å². The van der Waals surface area contributed by atoms with Crippen molar-refractivity contribution in [3.8, 4) is 6.07 Å². The van der Waals surface area contributed by atoms with E-state index in [4.69, 9.17) is 22.6 Å². The van der Waals surface area contributed by atoms with Gasteiger partial charge in [-0.1, -0.05) is 18.0 Å². The molecule has 1 aromatic rings. The van der Waals surface area contributed by atoms with Gasteiger partial charge >= 0.3 is 0 Å². The maximum absolute atomic E-state index is 12.1. The van der Waals surface area contributed by atoms with Crippen molar-refractivity contribution in [3.63, 3.8) is 0 Å². The highest BCUT2D eigenvalue weighted by molar-refractivity contribution is 7.85. The van der Waals surface area contributed by atoms with Gasteiger partial charge in [0.05, 0.1) is 27.2 Å². The molecule has 0 fully saturated rings. The molecule has 0 radical (unpaired) electrons. The molecular weight excluding hydrogens is 280 g/mol. The van der Waals surface area contributed by atoms with Crippen molar-refractivity contribution in [1.29, 1.82) is 5.26 Å². The number of unbranched alkanes of at least 4 members (excludes halogenated alkanes) is 1. The van der Waals surface area contributed by atoms with Gasteiger partial charge in [0.1, 0.15) is 0 Å². The quantitative estimate of drug-likeness (QED) is 0.642. The average molecular weight is 299 g/mol. The molecule has 5 heteroatoms. The molecule has 0 spiro atoms. The van der Waals surface area contributed by atoms with Crippen LogP contribution in [0.3, 0.4) is 0 Å². The molecule has 0 aliphatic heterocycles. The van der Waals surface area contributed by atoms with Crippen LogP contribution < -0.4 is 5.73 Å². The number of nitriles is 1. The third kappa shape index (κ3) is 5.22. The number of nitrogens with zero attached hydrogens (tertiary/aromatic N) is 1. The second-order valence-electron chi connectivity index (χ2n) is 5.18. The zero-order chi connectivity index (χ0) is 14.5. The monoisotopic (exact) mass is 298 g/mol. The zero-order valence-corrected chi connectivity index (χ0v) is 12.9. The summed E-state index contributed by atoms with van der Waals surface area (Å²) in [7, 11) is -1.13. The minimum absolute atomic E-state index is 0.309. The molecule has 0 aromatic heterocycles. The lowest BCUT2D eigenvalue weighted by molar-refractivity contribution is 0.432. The van der Waals surface area contributed by atoms with Crippen LogP contribution in [-0.2, 0) is 10.8 Å². The van der Waals surface area contributed by atoms with E-state index in [0.29, 0.717) is 21.4 Å². The molecule has 0 bridgehead atoms. The van der Waals surface area contributed by atoms with Crippen LogP contribution in [0.15, 0.2) is 23.1 Å². The molecule has 1 unspecified atom stereocenters. The van der Waals surface area contributed by atoms with Crippen LogP contribution >= 0.6 is 11.6 Å². The summed E-state index contributed by atoms with van der Waals surface area (Å²) in [4.78, 5) is 0.604. The third-order valence-electron chi connectivity index (χ3n) is 2.91. The van der Waals surface area contributed by atoms with Crippen LogP contribution in [0.1, 0.15) is 33.1 Å². The van der Waals surface area contributed by atoms with Gasteiger partial charge in [0.15, 0.2) is 0 Å². The second-order valence-corrected chi connectivity index (χ2v) is 7.16. The van der Waals surface area contributed by atoms with E-state index in [0.717, 1.165) is 19.3 Å². The highest BCUT2D eigenvalue weighted by atomic mass is 35.5. The first-order valence-electron chi connectivity index (χ1n) is 6.20. The smallest absolute Gasteiger partial charge is 0.0683 e. The molecule has 19 heavy (non-hydrogen) atoms. The number of hydrogen-bond acceptors (Lipinski definition) is 3. The van der Waals surface area contributed by atoms with Crippen molar-refractivity contribution in [1.82, 2.24) is 0 Å². The highest BCUT2D eigenvalue weighted by Crippen LogP contribution is 2.24. The molecule has 3 nitrogen and oxygen atoms in total. The third-order valence-corrected chi connectivity index (χ3v) is 4.64. The van der Waals surface area contributed by atoms with E-state index in [9.17, 15) is 4.21 Å². The summed E-state index contributed by atoms with van der Waals surface area (Å²) in [6.45, 7) is 3.83. The van der Waals surface area contributed by atoms with Crippen LogP contribution in [0.25, 0.3) is 0 Å². The van der Waals surface area contributed by atoms with Crippen molar-refractivity contribution < 1.29 is 4.21 Å². The lowest BCUT2D eigenvalue weighted by Crippen LogP contribution is -2.08. The van der Waals surface area contributed by atoms with E-state index >= 15 is 0 Å². The van der Waals surface area contributed by atoms with Gasteiger partial charge in [-0.3, -0.25) is 4.21 Å². The van der Waals surface area contributed by atoms with Gasteiger partial charge in [-0.25, -0.2) is 0 Å². The second kappa shape index (κ2) is 6.93. The molecule has 0 aliphatic rings. The van der Waals surface area contributed by atoms with Gasteiger partial charge in [-0.15, -0.1) is 0 Å². The van der Waals surface area contributed by atoms with E-state index in [-0.39, 0.29) is 5.41 Å². The fourth-order valence-electron chi connectivity index (χ4n) is 1.67. The largest absolute Gasteiger partial charge is 0.398 e. The Morgan fingerprint density at radius 1 is 1.42 bits per heavy atom. The van der Waals surface area contributed by atoms with Gasteiger partial charge in [-0.2, -0.15) is 5.26 Å². The lowest BCUT2D eigenvalue weighted by Gasteiger charge is -2.14. The van der Waals surface area contributed by atoms with Crippen LogP contribution in [0, 0.1) is 16.7 Å². The maximum atomic E-state index is 12.1. The molecule has 104 valence electrons. The molecule has 0 amide bonds. The first-order valence-corrected chi connectivity index (χ1v) is 7.90. The van der Waals surface area contributed by atoms with Gasteiger partial charge in [0, 0.05) is 16.5 Å². The molecule has 2 N–H and O–H groups in total. The highest BCUT2D eigenvalue weighted by Gasteiger charge is 2.16.